The van der Waals surface area contributed by atoms with Crippen molar-refractivity contribution in [2.75, 3.05) is 16.8 Å². The number of nitrogens with zero attached hydrogens (tertiary/aromatic N) is 2. The van der Waals surface area contributed by atoms with Crippen LogP contribution >= 0.6 is 27.5 Å². The van der Waals surface area contributed by atoms with Crippen molar-refractivity contribution in [1.29, 1.82) is 0 Å². The summed E-state index contributed by atoms with van der Waals surface area (Å²) in [7, 11) is 0. The number of aromatic nitrogens is 1. The zero-order valence-corrected chi connectivity index (χ0v) is 16.5. The van der Waals surface area contributed by atoms with E-state index in [2.05, 4.69) is 26.2 Å². The van der Waals surface area contributed by atoms with Gasteiger partial charge in [0.2, 0.25) is 5.88 Å². The van der Waals surface area contributed by atoms with Crippen molar-refractivity contribution in [2.45, 2.75) is 6.92 Å². The number of rotatable bonds is 4. The van der Waals surface area contributed by atoms with E-state index in [1.807, 2.05) is 0 Å². The van der Waals surface area contributed by atoms with Gasteiger partial charge in [-0.05, 0) is 47.1 Å². The summed E-state index contributed by atoms with van der Waals surface area (Å²) in [4.78, 5) is 28.9. The second-order valence-corrected chi connectivity index (χ2v) is 6.57. The molecule has 0 fully saturated rings. The van der Waals surface area contributed by atoms with Crippen LogP contribution in [-0.4, -0.2) is 28.9 Å². The maximum Gasteiger partial charge on any atom is 0.416 e. The molecule has 2 amide bonds. The third kappa shape index (κ3) is 3.73. The van der Waals surface area contributed by atoms with Gasteiger partial charge >= 0.3 is 12.2 Å². The molecule has 28 heavy (non-hydrogen) atoms. The number of furan rings is 1. The fraction of sp³-hybridized carbons (Fsp3) is 0.118. The molecule has 3 aromatic rings. The molecule has 3 rings (SSSR count). The highest BCUT2D eigenvalue weighted by atomic mass is 79.9. The Bertz CT molecular complexity index is 1070. The van der Waals surface area contributed by atoms with Crippen LogP contribution in [0.25, 0.3) is 11.1 Å². The number of carbonyl (C=O) groups excluding carboxylic acids is 1. The van der Waals surface area contributed by atoms with Crippen molar-refractivity contribution in [3.8, 4) is 0 Å². The minimum absolute atomic E-state index is 0.0234. The van der Waals surface area contributed by atoms with Gasteiger partial charge in [0.1, 0.15) is 17.0 Å². The van der Waals surface area contributed by atoms with Gasteiger partial charge in [-0.3, -0.25) is 10.3 Å². The van der Waals surface area contributed by atoms with Crippen LogP contribution < -0.4 is 10.2 Å². The molecule has 0 atom stereocenters. The van der Waals surface area contributed by atoms with Crippen LogP contribution in [-0.2, 0) is 4.74 Å². The van der Waals surface area contributed by atoms with Crippen LogP contribution in [0.5, 0.6) is 0 Å². The molecular weight excluding hydrogens is 461 g/mol. The molecule has 146 valence electrons. The maximum atomic E-state index is 13.5. The second kappa shape index (κ2) is 8.03. The first-order valence-electron chi connectivity index (χ1n) is 7.82. The molecule has 2 N–H and O–H groups in total. The number of pyridine rings is 1. The summed E-state index contributed by atoms with van der Waals surface area (Å²) >= 11 is 9.09. The molecular formula is C17H12BrClFN3O5. The van der Waals surface area contributed by atoms with Crippen molar-refractivity contribution in [3.63, 3.8) is 0 Å². The summed E-state index contributed by atoms with van der Waals surface area (Å²) in [5.41, 5.74) is 0.280. The van der Waals surface area contributed by atoms with Gasteiger partial charge in [-0.15, -0.1) is 0 Å². The lowest BCUT2D eigenvalue weighted by Gasteiger charge is -2.19. The summed E-state index contributed by atoms with van der Waals surface area (Å²) < 4.78 is 24.5. The SMILES string of the molecule is CCOC(=O)Nc1oc2c(Br)ccnc2c1N(C(=O)O)c1ccc(F)c(Cl)c1. The Balaban J connectivity index is 2.24. The molecule has 0 saturated heterocycles. The zero-order chi connectivity index (χ0) is 20.4. The minimum Gasteiger partial charge on any atom is -0.464 e. The van der Waals surface area contributed by atoms with E-state index in [9.17, 15) is 19.1 Å². The van der Waals surface area contributed by atoms with Crippen molar-refractivity contribution in [2.24, 2.45) is 0 Å². The van der Waals surface area contributed by atoms with E-state index in [0.29, 0.717) is 4.47 Å². The second-order valence-electron chi connectivity index (χ2n) is 5.31. The summed E-state index contributed by atoms with van der Waals surface area (Å²) in [6.45, 7) is 1.71. The molecule has 11 heteroatoms. The number of hydrogen-bond donors (Lipinski definition) is 2. The van der Waals surface area contributed by atoms with Crippen LogP contribution in [0, 0.1) is 5.82 Å². The Morgan fingerprint density at radius 2 is 2.18 bits per heavy atom. The number of hydrogen-bond acceptors (Lipinski definition) is 5. The number of halogens is 3. The number of nitrogens with one attached hydrogen (secondary N) is 1. The zero-order valence-electron chi connectivity index (χ0n) is 14.2. The van der Waals surface area contributed by atoms with Gasteiger partial charge < -0.3 is 14.3 Å². The predicted molar refractivity (Wildman–Crippen MR) is 104 cm³/mol. The molecule has 0 aliphatic carbocycles. The third-order valence-electron chi connectivity index (χ3n) is 3.57. The van der Waals surface area contributed by atoms with E-state index in [0.717, 1.165) is 17.0 Å². The van der Waals surface area contributed by atoms with Gasteiger partial charge in [0.15, 0.2) is 5.58 Å². The molecule has 0 radical (unpaired) electrons. The lowest BCUT2D eigenvalue weighted by Crippen LogP contribution is -2.25. The van der Waals surface area contributed by atoms with Gasteiger partial charge in [0, 0.05) is 6.20 Å². The van der Waals surface area contributed by atoms with E-state index in [4.69, 9.17) is 20.8 Å². The van der Waals surface area contributed by atoms with Gasteiger partial charge in [0.25, 0.3) is 0 Å². The van der Waals surface area contributed by atoms with Crippen LogP contribution in [0.2, 0.25) is 5.02 Å². The Morgan fingerprint density at radius 3 is 2.82 bits per heavy atom. The standard InChI is InChI=1S/C17H12BrClFN3O5/c1-2-27-16(24)22-15-13(12-14(28-15)9(18)5-6-21-12)23(17(25)26)8-3-4-11(20)10(19)7-8/h3-7H,2H2,1H3,(H,22,24)(H,25,26). The van der Waals surface area contributed by atoms with Gasteiger partial charge in [-0.1, -0.05) is 11.6 Å². The summed E-state index contributed by atoms with van der Waals surface area (Å²) in [6.07, 6.45) is -0.850. The molecule has 2 aromatic heterocycles. The third-order valence-corrected chi connectivity index (χ3v) is 4.48. The molecule has 0 unspecified atom stereocenters. The summed E-state index contributed by atoms with van der Waals surface area (Å²) in [5, 5.41) is 11.9. The molecule has 0 saturated carbocycles. The number of carbonyl (C=O) groups is 2. The van der Waals surface area contributed by atoms with Crippen LogP contribution in [0.1, 0.15) is 6.92 Å². The molecule has 1 aromatic carbocycles. The van der Waals surface area contributed by atoms with Gasteiger partial charge in [0.05, 0.1) is 21.8 Å². The van der Waals surface area contributed by atoms with Crippen LogP contribution in [0.3, 0.4) is 0 Å². The van der Waals surface area contributed by atoms with Crippen molar-refractivity contribution < 1.29 is 28.2 Å². The van der Waals surface area contributed by atoms with E-state index >= 15 is 0 Å². The molecule has 0 bridgehead atoms. The van der Waals surface area contributed by atoms with E-state index in [1.165, 1.54) is 12.3 Å². The topological polar surface area (TPSA) is 105 Å². The molecule has 0 aliphatic heterocycles. The summed E-state index contributed by atoms with van der Waals surface area (Å²) in [6, 6.07) is 4.97. The normalized spacial score (nSPS) is 10.7. The Morgan fingerprint density at radius 1 is 1.43 bits per heavy atom. The van der Waals surface area contributed by atoms with E-state index in [1.54, 1.807) is 13.0 Å². The first-order chi connectivity index (χ1) is 13.3. The first-order valence-corrected chi connectivity index (χ1v) is 8.99. The number of fused-ring (bicyclic) bond motifs is 1. The van der Waals surface area contributed by atoms with Crippen molar-refractivity contribution in [3.05, 3.63) is 45.8 Å². The van der Waals surface area contributed by atoms with Crippen molar-refractivity contribution >= 4 is 68.1 Å². The fourth-order valence-electron chi connectivity index (χ4n) is 2.46. The number of amides is 2. The molecule has 2 heterocycles. The molecule has 8 nitrogen and oxygen atoms in total. The van der Waals surface area contributed by atoms with Crippen LogP contribution in [0.15, 0.2) is 39.4 Å². The number of benzene rings is 1. The van der Waals surface area contributed by atoms with Gasteiger partial charge in [-0.25, -0.2) is 18.9 Å². The highest BCUT2D eigenvalue weighted by molar-refractivity contribution is 9.10. The van der Waals surface area contributed by atoms with Crippen LogP contribution in [0.4, 0.5) is 31.2 Å². The lowest BCUT2D eigenvalue weighted by molar-refractivity contribution is 0.167. The Labute approximate surface area is 171 Å². The minimum atomic E-state index is -1.43. The fourth-order valence-corrected chi connectivity index (χ4v) is 3.02. The van der Waals surface area contributed by atoms with E-state index in [-0.39, 0.29) is 40.0 Å². The number of ether oxygens (including phenoxy) is 1. The highest BCUT2D eigenvalue weighted by Gasteiger charge is 2.30. The Kier molecular flexibility index (Phi) is 5.71. The molecule has 0 spiro atoms. The average Bonchev–Trinajstić information content (AvgIpc) is 2.98. The maximum absolute atomic E-state index is 13.5. The quantitative estimate of drug-likeness (QED) is 0.500. The highest BCUT2D eigenvalue weighted by Crippen LogP contribution is 2.43. The number of carboxylic acid groups (broad SMARTS) is 1. The number of anilines is 3. The lowest BCUT2D eigenvalue weighted by atomic mass is 10.2. The predicted octanol–water partition coefficient (Wildman–Crippen LogP) is 5.77. The smallest absolute Gasteiger partial charge is 0.416 e. The van der Waals surface area contributed by atoms with Gasteiger partial charge in [-0.2, -0.15) is 0 Å². The largest absolute Gasteiger partial charge is 0.464 e. The average molecular weight is 473 g/mol. The Hall–Kier alpha value is -2.85. The van der Waals surface area contributed by atoms with Crippen molar-refractivity contribution in [1.82, 2.24) is 4.98 Å². The summed E-state index contributed by atoms with van der Waals surface area (Å²) in [5.74, 6) is -0.922. The van der Waals surface area contributed by atoms with E-state index < -0.39 is 18.0 Å². The molecule has 0 aliphatic rings. The monoisotopic (exact) mass is 471 g/mol. The first kappa shape index (κ1) is 19.9.